The van der Waals surface area contributed by atoms with Crippen molar-refractivity contribution >= 4 is 23.9 Å². The molecule has 136 valence electrons. The van der Waals surface area contributed by atoms with Gasteiger partial charge in [-0.25, -0.2) is 0 Å². The summed E-state index contributed by atoms with van der Waals surface area (Å²) < 4.78 is 7.73. The summed E-state index contributed by atoms with van der Waals surface area (Å²) >= 11 is 5.30. The average Bonchev–Trinajstić information content (AvgIpc) is 3.19. The van der Waals surface area contributed by atoms with Crippen molar-refractivity contribution in [2.24, 2.45) is 0 Å². The van der Waals surface area contributed by atoms with Crippen LogP contribution in [-0.2, 0) is 11.3 Å². The van der Waals surface area contributed by atoms with E-state index >= 15 is 0 Å². The molecule has 0 atom stereocenters. The number of carbonyl (C=O) groups is 1. The predicted molar refractivity (Wildman–Crippen MR) is 101 cm³/mol. The summed E-state index contributed by atoms with van der Waals surface area (Å²) in [5.41, 5.74) is 1.78. The number of carbonyl (C=O) groups excluding carboxylic acids is 1. The highest BCUT2D eigenvalue weighted by Gasteiger charge is 2.12. The fourth-order valence-electron chi connectivity index (χ4n) is 2.51. The third-order valence-electron chi connectivity index (χ3n) is 3.72. The summed E-state index contributed by atoms with van der Waals surface area (Å²) in [5, 5.41) is 16.6. The Morgan fingerprint density at radius 1 is 1.27 bits per heavy atom. The number of nitrogens with zero attached hydrogens (tertiary/aromatic N) is 3. The van der Waals surface area contributed by atoms with Crippen molar-refractivity contribution in [3.05, 3.63) is 40.8 Å². The number of H-pyrrole nitrogens is 2. The van der Waals surface area contributed by atoms with Crippen LogP contribution in [0.3, 0.4) is 0 Å². The molecule has 0 aliphatic rings. The maximum Gasteiger partial charge on any atom is 0.227 e. The molecule has 0 spiro atoms. The van der Waals surface area contributed by atoms with Gasteiger partial charge in [-0.2, -0.15) is 10.2 Å². The summed E-state index contributed by atoms with van der Waals surface area (Å²) in [7, 11) is 0. The first kappa shape index (κ1) is 17.9. The van der Waals surface area contributed by atoms with Gasteiger partial charge in [0.2, 0.25) is 5.91 Å². The van der Waals surface area contributed by atoms with Crippen molar-refractivity contribution in [2.45, 2.75) is 26.8 Å². The largest absolute Gasteiger partial charge is 0.494 e. The van der Waals surface area contributed by atoms with E-state index in [1.807, 2.05) is 38.1 Å². The minimum absolute atomic E-state index is 0.141. The van der Waals surface area contributed by atoms with Crippen LogP contribution in [0.15, 0.2) is 30.3 Å². The van der Waals surface area contributed by atoms with Crippen LogP contribution in [0.2, 0.25) is 0 Å². The van der Waals surface area contributed by atoms with Crippen molar-refractivity contribution in [2.75, 3.05) is 11.9 Å². The second kappa shape index (κ2) is 7.96. The van der Waals surface area contributed by atoms with Crippen molar-refractivity contribution in [3.63, 3.8) is 0 Å². The Morgan fingerprint density at radius 2 is 2.04 bits per heavy atom. The maximum atomic E-state index is 12.1. The molecule has 1 aromatic carbocycles. The molecule has 26 heavy (non-hydrogen) atoms. The predicted octanol–water partition coefficient (Wildman–Crippen LogP) is 3.07. The Kier molecular flexibility index (Phi) is 5.47. The Bertz CT molecular complexity index is 941. The van der Waals surface area contributed by atoms with Gasteiger partial charge in [0.1, 0.15) is 5.75 Å². The summed E-state index contributed by atoms with van der Waals surface area (Å²) in [4.78, 5) is 12.1. The number of aryl methyl sites for hydroxylation is 1. The Morgan fingerprint density at radius 3 is 2.69 bits per heavy atom. The number of rotatable bonds is 7. The van der Waals surface area contributed by atoms with Crippen molar-refractivity contribution in [1.82, 2.24) is 25.0 Å². The molecule has 3 N–H and O–H groups in total. The molecule has 0 saturated carbocycles. The lowest BCUT2D eigenvalue weighted by Crippen LogP contribution is -2.15. The summed E-state index contributed by atoms with van der Waals surface area (Å²) in [5.74, 6) is 1.85. The standard InChI is InChI=1S/C17H20N6O2S/c1-3-25-13-6-4-12(5-7-13)16-21-22-17(26)23(16)9-8-15(24)18-14-10-11(2)19-20-14/h4-7,10H,3,8-9H2,1-2H3,(H,22,26)(H2,18,19,20,24). The van der Waals surface area contributed by atoms with E-state index in [9.17, 15) is 4.79 Å². The highest BCUT2D eigenvalue weighted by atomic mass is 32.1. The monoisotopic (exact) mass is 372 g/mol. The zero-order valence-corrected chi connectivity index (χ0v) is 15.4. The zero-order valence-electron chi connectivity index (χ0n) is 14.6. The zero-order chi connectivity index (χ0) is 18.5. The second-order valence-corrected chi connectivity index (χ2v) is 6.08. The molecule has 0 unspecified atom stereocenters. The number of hydrogen-bond donors (Lipinski definition) is 3. The van der Waals surface area contributed by atoms with E-state index in [2.05, 4.69) is 25.7 Å². The van der Waals surface area contributed by atoms with Crippen LogP contribution < -0.4 is 10.1 Å². The lowest BCUT2D eigenvalue weighted by molar-refractivity contribution is -0.116. The number of nitrogens with one attached hydrogen (secondary N) is 3. The smallest absolute Gasteiger partial charge is 0.227 e. The normalized spacial score (nSPS) is 10.7. The summed E-state index contributed by atoms with van der Waals surface area (Å²) in [6.07, 6.45) is 0.254. The molecule has 0 aliphatic carbocycles. The molecule has 8 nitrogen and oxygen atoms in total. The first-order valence-corrected chi connectivity index (χ1v) is 8.68. The van der Waals surface area contributed by atoms with Crippen LogP contribution in [0.5, 0.6) is 5.75 Å². The van der Waals surface area contributed by atoms with E-state index in [4.69, 9.17) is 17.0 Å². The molecule has 0 radical (unpaired) electrons. The van der Waals surface area contributed by atoms with Gasteiger partial charge in [-0.15, -0.1) is 0 Å². The third-order valence-corrected chi connectivity index (χ3v) is 4.03. The number of ether oxygens (including phenoxy) is 1. The molecule has 0 bridgehead atoms. The second-order valence-electron chi connectivity index (χ2n) is 5.70. The first-order valence-electron chi connectivity index (χ1n) is 8.27. The van der Waals surface area contributed by atoms with Crippen LogP contribution in [0.4, 0.5) is 5.82 Å². The van der Waals surface area contributed by atoms with Gasteiger partial charge in [-0.3, -0.25) is 19.6 Å². The van der Waals surface area contributed by atoms with Crippen molar-refractivity contribution in [1.29, 1.82) is 0 Å². The van der Waals surface area contributed by atoms with E-state index in [1.165, 1.54) is 0 Å². The Hall–Kier alpha value is -2.94. The van der Waals surface area contributed by atoms with Crippen LogP contribution in [-0.4, -0.2) is 37.5 Å². The molecule has 0 fully saturated rings. The highest BCUT2D eigenvalue weighted by Crippen LogP contribution is 2.21. The number of amides is 1. The SMILES string of the molecule is CCOc1ccc(-c2n[nH]c(=S)n2CCC(=O)Nc2cc(C)[nH]n2)cc1. The molecule has 9 heteroatoms. The Balaban J connectivity index is 1.69. The van der Waals surface area contributed by atoms with E-state index in [-0.39, 0.29) is 12.3 Å². The van der Waals surface area contributed by atoms with Gasteiger partial charge in [-0.05, 0) is 50.3 Å². The number of hydrogen-bond acceptors (Lipinski definition) is 5. The number of aromatic amines is 2. The van der Waals surface area contributed by atoms with Gasteiger partial charge in [-0.1, -0.05) is 0 Å². The van der Waals surface area contributed by atoms with Gasteiger partial charge in [0.15, 0.2) is 16.4 Å². The van der Waals surface area contributed by atoms with Gasteiger partial charge < -0.3 is 10.1 Å². The van der Waals surface area contributed by atoms with Crippen LogP contribution in [0.25, 0.3) is 11.4 Å². The summed E-state index contributed by atoms with van der Waals surface area (Å²) in [6, 6.07) is 9.37. The molecule has 0 aliphatic heterocycles. The van der Waals surface area contributed by atoms with E-state index in [0.717, 1.165) is 17.0 Å². The van der Waals surface area contributed by atoms with Gasteiger partial charge >= 0.3 is 0 Å². The molecule has 1 amide bonds. The number of benzene rings is 1. The molecular weight excluding hydrogens is 352 g/mol. The minimum atomic E-state index is -0.141. The maximum absolute atomic E-state index is 12.1. The van der Waals surface area contributed by atoms with Gasteiger partial charge in [0.25, 0.3) is 0 Å². The molecule has 2 aromatic heterocycles. The number of aromatic nitrogens is 5. The average molecular weight is 372 g/mol. The van der Waals surface area contributed by atoms with Gasteiger partial charge in [0.05, 0.1) is 6.61 Å². The molecule has 3 rings (SSSR count). The van der Waals surface area contributed by atoms with Crippen LogP contribution >= 0.6 is 12.2 Å². The lowest BCUT2D eigenvalue weighted by atomic mass is 10.2. The number of anilines is 1. The topological polar surface area (TPSA) is 101 Å². The molecular formula is C17H20N6O2S. The van der Waals surface area contributed by atoms with Crippen molar-refractivity contribution < 1.29 is 9.53 Å². The van der Waals surface area contributed by atoms with E-state index < -0.39 is 0 Å². The fourth-order valence-corrected chi connectivity index (χ4v) is 2.74. The van der Waals surface area contributed by atoms with Crippen molar-refractivity contribution in [3.8, 4) is 17.1 Å². The fraction of sp³-hybridized carbons (Fsp3) is 0.294. The van der Waals surface area contributed by atoms with Crippen LogP contribution in [0.1, 0.15) is 19.0 Å². The highest BCUT2D eigenvalue weighted by molar-refractivity contribution is 7.71. The van der Waals surface area contributed by atoms with E-state index in [0.29, 0.717) is 29.6 Å². The molecule has 3 aromatic rings. The van der Waals surface area contributed by atoms with Gasteiger partial charge in [0, 0.05) is 30.3 Å². The lowest BCUT2D eigenvalue weighted by Gasteiger charge is -2.08. The minimum Gasteiger partial charge on any atom is -0.494 e. The summed E-state index contributed by atoms with van der Waals surface area (Å²) in [6.45, 7) is 4.83. The first-order chi connectivity index (χ1) is 12.6. The quantitative estimate of drug-likeness (QED) is 0.553. The third kappa shape index (κ3) is 4.17. The van der Waals surface area contributed by atoms with E-state index in [1.54, 1.807) is 10.6 Å². The van der Waals surface area contributed by atoms with Crippen LogP contribution in [0, 0.1) is 11.7 Å². The Labute approximate surface area is 155 Å². The molecule has 2 heterocycles. The molecule has 0 saturated heterocycles.